The summed E-state index contributed by atoms with van der Waals surface area (Å²) in [5.41, 5.74) is 1.04. The van der Waals surface area contributed by atoms with E-state index < -0.39 is 4.92 Å². The maximum atomic E-state index is 11.8. The third-order valence-corrected chi connectivity index (χ3v) is 3.66. The van der Waals surface area contributed by atoms with Gasteiger partial charge < -0.3 is 9.47 Å². The maximum Gasteiger partial charge on any atom is 0.270 e. The minimum atomic E-state index is -0.487. The van der Waals surface area contributed by atoms with Crippen molar-refractivity contribution in [2.75, 3.05) is 11.4 Å². The van der Waals surface area contributed by atoms with E-state index in [1.54, 1.807) is 12.3 Å². The first-order valence-electron chi connectivity index (χ1n) is 6.60. The van der Waals surface area contributed by atoms with Gasteiger partial charge in [0.05, 0.1) is 11.5 Å². The van der Waals surface area contributed by atoms with E-state index >= 15 is 0 Å². The lowest BCUT2D eigenvalue weighted by molar-refractivity contribution is -0.384. The first kappa shape index (κ1) is 13.3. The van der Waals surface area contributed by atoms with Gasteiger partial charge in [0.1, 0.15) is 5.82 Å². The molecule has 7 nitrogen and oxygen atoms in total. The van der Waals surface area contributed by atoms with E-state index in [2.05, 4.69) is 9.55 Å². The smallest absolute Gasteiger partial charge is 0.270 e. The highest BCUT2D eigenvalue weighted by Crippen LogP contribution is 2.28. The van der Waals surface area contributed by atoms with E-state index in [1.165, 1.54) is 19.1 Å². The van der Waals surface area contributed by atoms with Gasteiger partial charge in [0.15, 0.2) is 5.78 Å². The number of imidazole rings is 1. The SMILES string of the molecule is CC(=O)c1cc([N+](=O)[O-])ccc1N1CCn2ccnc2C1. The molecule has 0 N–H and O–H groups in total. The van der Waals surface area contributed by atoms with Crippen LogP contribution < -0.4 is 4.90 Å². The molecule has 0 saturated carbocycles. The number of carbonyl (C=O) groups is 1. The van der Waals surface area contributed by atoms with Crippen LogP contribution in [0.3, 0.4) is 0 Å². The van der Waals surface area contributed by atoms with Crippen molar-refractivity contribution >= 4 is 17.2 Å². The molecule has 0 unspecified atom stereocenters. The summed E-state index contributed by atoms with van der Waals surface area (Å²) in [5, 5.41) is 10.9. The summed E-state index contributed by atoms with van der Waals surface area (Å²) in [4.78, 5) is 28.5. The zero-order valence-corrected chi connectivity index (χ0v) is 11.5. The minimum Gasteiger partial charge on any atom is -0.362 e. The Bertz CT molecular complexity index is 723. The molecule has 0 radical (unpaired) electrons. The Balaban J connectivity index is 1.99. The molecule has 1 aromatic heterocycles. The standard InChI is InChI=1S/C14H14N4O3/c1-10(19)12-8-11(18(20)21)2-3-13(12)17-7-6-16-5-4-15-14(16)9-17/h2-5,8H,6-7,9H2,1H3. The molecule has 108 valence electrons. The molecule has 0 aliphatic carbocycles. The van der Waals surface area contributed by atoms with Gasteiger partial charge in [-0.15, -0.1) is 0 Å². The fourth-order valence-electron chi connectivity index (χ4n) is 2.57. The third kappa shape index (κ3) is 2.37. The van der Waals surface area contributed by atoms with Crippen molar-refractivity contribution in [2.24, 2.45) is 0 Å². The molecule has 1 aromatic carbocycles. The topological polar surface area (TPSA) is 81.3 Å². The van der Waals surface area contributed by atoms with Gasteiger partial charge in [-0.2, -0.15) is 0 Å². The largest absolute Gasteiger partial charge is 0.362 e. The predicted molar refractivity (Wildman–Crippen MR) is 76.4 cm³/mol. The number of aromatic nitrogens is 2. The molecule has 1 aliphatic rings. The first-order valence-corrected chi connectivity index (χ1v) is 6.60. The maximum absolute atomic E-state index is 11.8. The van der Waals surface area contributed by atoms with Crippen molar-refractivity contribution in [1.82, 2.24) is 9.55 Å². The Morgan fingerprint density at radius 2 is 2.19 bits per heavy atom. The highest BCUT2D eigenvalue weighted by atomic mass is 16.6. The van der Waals surface area contributed by atoms with Gasteiger partial charge in [-0.25, -0.2) is 4.98 Å². The molecular weight excluding hydrogens is 272 g/mol. The van der Waals surface area contributed by atoms with E-state index in [1.807, 2.05) is 11.1 Å². The molecule has 0 fully saturated rings. The number of rotatable bonds is 3. The van der Waals surface area contributed by atoms with Crippen molar-refractivity contribution < 1.29 is 9.72 Å². The number of nitro groups is 1. The fraction of sp³-hybridized carbons (Fsp3) is 0.286. The quantitative estimate of drug-likeness (QED) is 0.490. The third-order valence-electron chi connectivity index (χ3n) is 3.66. The second kappa shape index (κ2) is 5.01. The summed E-state index contributed by atoms with van der Waals surface area (Å²) in [5.74, 6) is 0.747. The number of hydrogen-bond acceptors (Lipinski definition) is 5. The Kier molecular flexibility index (Phi) is 3.17. The number of hydrogen-bond donors (Lipinski definition) is 0. The zero-order chi connectivity index (χ0) is 15.0. The van der Waals surface area contributed by atoms with Gasteiger partial charge in [0.2, 0.25) is 0 Å². The van der Waals surface area contributed by atoms with E-state index in [-0.39, 0.29) is 11.5 Å². The molecule has 7 heteroatoms. The highest BCUT2D eigenvalue weighted by Gasteiger charge is 2.22. The Labute approximate surface area is 121 Å². The van der Waals surface area contributed by atoms with Crippen LogP contribution >= 0.6 is 0 Å². The van der Waals surface area contributed by atoms with Gasteiger partial charge in [-0.05, 0) is 13.0 Å². The van der Waals surface area contributed by atoms with Crippen LogP contribution in [0.25, 0.3) is 0 Å². The summed E-state index contributed by atoms with van der Waals surface area (Å²) in [6.07, 6.45) is 3.68. The molecule has 2 aromatic rings. The normalized spacial score (nSPS) is 13.9. The fourth-order valence-corrected chi connectivity index (χ4v) is 2.57. The summed E-state index contributed by atoms with van der Waals surface area (Å²) in [6.45, 7) is 3.53. The van der Waals surface area contributed by atoms with E-state index in [0.717, 1.165) is 24.6 Å². The molecule has 0 atom stereocenters. The first-order chi connectivity index (χ1) is 10.1. The van der Waals surface area contributed by atoms with Crippen molar-refractivity contribution in [3.63, 3.8) is 0 Å². The predicted octanol–water partition coefficient (Wildman–Crippen LogP) is 2.01. The summed E-state index contributed by atoms with van der Waals surface area (Å²) in [7, 11) is 0. The van der Waals surface area contributed by atoms with Crippen LogP contribution in [-0.2, 0) is 13.1 Å². The van der Waals surface area contributed by atoms with Gasteiger partial charge in [-0.1, -0.05) is 0 Å². The second-order valence-corrected chi connectivity index (χ2v) is 4.97. The summed E-state index contributed by atoms with van der Waals surface area (Å²) in [6, 6.07) is 4.43. The van der Waals surface area contributed by atoms with Crippen LogP contribution in [0.4, 0.5) is 11.4 Å². The molecule has 0 saturated heterocycles. The van der Waals surface area contributed by atoms with Crippen molar-refractivity contribution in [3.05, 3.63) is 52.1 Å². The van der Waals surface area contributed by atoms with Crippen LogP contribution in [0, 0.1) is 10.1 Å². The number of fused-ring (bicyclic) bond motifs is 1. The lowest BCUT2D eigenvalue weighted by Crippen LogP contribution is -2.34. The molecule has 0 bridgehead atoms. The van der Waals surface area contributed by atoms with E-state index in [9.17, 15) is 14.9 Å². The van der Waals surface area contributed by atoms with Crippen LogP contribution in [0.5, 0.6) is 0 Å². The van der Waals surface area contributed by atoms with Crippen molar-refractivity contribution in [1.29, 1.82) is 0 Å². The Hall–Kier alpha value is -2.70. The summed E-state index contributed by atoms with van der Waals surface area (Å²) >= 11 is 0. The van der Waals surface area contributed by atoms with Gasteiger partial charge in [-0.3, -0.25) is 14.9 Å². The molecule has 1 aliphatic heterocycles. The monoisotopic (exact) mass is 286 g/mol. The Morgan fingerprint density at radius 3 is 2.90 bits per heavy atom. The van der Waals surface area contributed by atoms with Crippen LogP contribution in [0.1, 0.15) is 23.1 Å². The number of ketones is 1. The van der Waals surface area contributed by atoms with Crippen molar-refractivity contribution in [2.45, 2.75) is 20.0 Å². The Morgan fingerprint density at radius 1 is 1.38 bits per heavy atom. The molecule has 0 spiro atoms. The highest BCUT2D eigenvalue weighted by molar-refractivity contribution is 6.00. The van der Waals surface area contributed by atoms with E-state index in [4.69, 9.17) is 0 Å². The van der Waals surface area contributed by atoms with Gasteiger partial charge in [0.25, 0.3) is 5.69 Å². The second-order valence-electron chi connectivity index (χ2n) is 4.97. The summed E-state index contributed by atoms with van der Waals surface area (Å²) < 4.78 is 2.06. The van der Waals surface area contributed by atoms with Crippen LogP contribution in [-0.4, -0.2) is 26.8 Å². The number of anilines is 1. The number of carbonyl (C=O) groups excluding carboxylic acids is 1. The lowest BCUT2D eigenvalue weighted by atomic mass is 10.1. The number of nitro benzene ring substituents is 1. The van der Waals surface area contributed by atoms with Crippen molar-refractivity contribution in [3.8, 4) is 0 Å². The van der Waals surface area contributed by atoms with Crippen LogP contribution in [0.2, 0.25) is 0 Å². The molecule has 21 heavy (non-hydrogen) atoms. The number of Topliss-reactive ketones (excluding diaryl/α,β-unsaturated/α-hetero) is 1. The molecule has 0 amide bonds. The molecular formula is C14H14N4O3. The number of benzene rings is 1. The average molecular weight is 286 g/mol. The minimum absolute atomic E-state index is 0.0672. The van der Waals surface area contributed by atoms with Gasteiger partial charge in [0, 0.05) is 48.9 Å². The van der Waals surface area contributed by atoms with Gasteiger partial charge >= 0.3 is 0 Å². The molecule has 3 rings (SSSR count). The lowest BCUT2D eigenvalue weighted by Gasteiger charge is -2.30. The number of nitrogens with zero attached hydrogens (tertiary/aromatic N) is 4. The van der Waals surface area contributed by atoms with E-state index in [0.29, 0.717) is 12.1 Å². The average Bonchev–Trinajstić information content (AvgIpc) is 2.93. The number of non-ortho nitro benzene ring substituents is 1. The zero-order valence-electron chi connectivity index (χ0n) is 11.5. The van der Waals surface area contributed by atoms with Crippen LogP contribution in [0.15, 0.2) is 30.6 Å². The molecule has 2 heterocycles.